The summed E-state index contributed by atoms with van der Waals surface area (Å²) in [7, 11) is 0. The van der Waals surface area contributed by atoms with Crippen LogP contribution in [-0.4, -0.2) is 4.98 Å². The van der Waals surface area contributed by atoms with Crippen molar-refractivity contribution < 1.29 is 8.81 Å². The van der Waals surface area contributed by atoms with Gasteiger partial charge in [-0.25, -0.2) is 9.37 Å². The summed E-state index contributed by atoms with van der Waals surface area (Å²) >= 11 is 0. The molecule has 0 aliphatic heterocycles. The van der Waals surface area contributed by atoms with Crippen molar-refractivity contribution in [2.45, 2.75) is 0 Å². The Hall–Kier alpha value is -2.36. The molecule has 84 valence electrons. The topological polar surface area (TPSA) is 52.0 Å². The number of benzene rings is 1. The molecule has 0 spiro atoms. The number of furan rings is 1. The number of hydrogen-bond donors (Lipinski definition) is 1. The number of hydrogen-bond acceptors (Lipinski definition) is 3. The predicted octanol–water partition coefficient (Wildman–Crippen LogP) is 3.22. The van der Waals surface area contributed by atoms with Gasteiger partial charge in [-0.1, -0.05) is 0 Å². The summed E-state index contributed by atoms with van der Waals surface area (Å²) in [5.74, 6) is 0.701. The minimum atomic E-state index is -0.288. The van der Waals surface area contributed by atoms with Crippen LogP contribution < -0.4 is 5.73 Å². The van der Waals surface area contributed by atoms with Gasteiger partial charge in [0.2, 0.25) is 0 Å². The Bertz CT molecular complexity index is 691. The van der Waals surface area contributed by atoms with E-state index in [1.807, 2.05) is 6.07 Å². The second kappa shape index (κ2) is 3.59. The average molecular weight is 228 g/mol. The van der Waals surface area contributed by atoms with Crippen LogP contribution in [0.1, 0.15) is 0 Å². The van der Waals surface area contributed by atoms with E-state index in [0.29, 0.717) is 28.1 Å². The third-order valence-corrected chi connectivity index (χ3v) is 2.58. The van der Waals surface area contributed by atoms with Crippen molar-refractivity contribution >= 4 is 16.8 Å². The lowest BCUT2D eigenvalue weighted by Gasteiger charge is -1.98. The van der Waals surface area contributed by atoms with E-state index in [1.54, 1.807) is 24.4 Å². The monoisotopic (exact) mass is 228 g/mol. The summed E-state index contributed by atoms with van der Waals surface area (Å²) in [4.78, 5) is 3.99. The number of pyridine rings is 1. The zero-order chi connectivity index (χ0) is 11.8. The van der Waals surface area contributed by atoms with Gasteiger partial charge in [-0.2, -0.15) is 0 Å². The number of halogens is 1. The molecule has 0 bridgehead atoms. The van der Waals surface area contributed by atoms with Crippen LogP contribution in [0.15, 0.2) is 47.0 Å². The van der Waals surface area contributed by atoms with Crippen molar-refractivity contribution in [3.63, 3.8) is 0 Å². The molecule has 3 aromatic rings. The van der Waals surface area contributed by atoms with E-state index in [0.717, 1.165) is 0 Å². The van der Waals surface area contributed by atoms with Crippen LogP contribution >= 0.6 is 0 Å². The Balaban J connectivity index is 2.22. The van der Waals surface area contributed by atoms with Crippen LogP contribution in [0, 0.1) is 5.82 Å². The van der Waals surface area contributed by atoms with E-state index in [2.05, 4.69) is 4.98 Å². The van der Waals surface area contributed by atoms with Gasteiger partial charge in [0.25, 0.3) is 0 Å². The number of nitrogen functional groups attached to an aromatic ring is 1. The molecule has 3 rings (SSSR count). The van der Waals surface area contributed by atoms with Gasteiger partial charge in [0, 0.05) is 11.6 Å². The largest absolute Gasteiger partial charge is 0.456 e. The quantitative estimate of drug-likeness (QED) is 0.695. The summed E-state index contributed by atoms with van der Waals surface area (Å²) in [6.45, 7) is 0. The minimum Gasteiger partial charge on any atom is -0.456 e. The standard InChI is InChI=1S/C13H9FN2O/c14-9-3-4-11-8(6-9)7-12(17-11)10-2-1-5-16-13(10)15/h1-7H,(H2,15,16). The van der Waals surface area contributed by atoms with E-state index < -0.39 is 0 Å². The predicted molar refractivity (Wildman–Crippen MR) is 63.8 cm³/mol. The lowest BCUT2D eigenvalue weighted by atomic mass is 10.2. The molecule has 0 unspecified atom stereocenters. The molecule has 0 atom stereocenters. The Labute approximate surface area is 96.7 Å². The van der Waals surface area contributed by atoms with Gasteiger partial charge in [-0.3, -0.25) is 0 Å². The molecule has 4 heteroatoms. The normalized spacial score (nSPS) is 10.9. The van der Waals surface area contributed by atoms with E-state index >= 15 is 0 Å². The van der Waals surface area contributed by atoms with Crippen molar-refractivity contribution in [1.82, 2.24) is 4.98 Å². The Morgan fingerprint density at radius 2 is 2.06 bits per heavy atom. The molecule has 0 fully saturated rings. The Morgan fingerprint density at radius 3 is 2.88 bits per heavy atom. The summed E-state index contributed by atoms with van der Waals surface area (Å²) < 4.78 is 18.7. The molecule has 0 aliphatic carbocycles. The Morgan fingerprint density at radius 1 is 1.18 bits per heavy atom. The number of aromatic nitrogens is 1. The fourth-order valence-electron chi connectivity index (χ4n) is 1.77. The van der Waals surface area contributed by atoms with Crippen LogP contribution in [-0.2, 0) is 0 Å². The molecular weight excluding hydrogens is 219 g/mol. The molecule has 0 saturated heterocycles. The lowest BCUT2D eigenvalue weighted by Crippen LogP contribution is -1.91. The van der Waals surface area contributed by atoms with Crippen molar-refractivity contribution in [2.75, 3.05) is 5.73 Å². The van der Waals surface area contributed by atoms with Gasteiger partial charge < -0.3 is 10.2 Å². The third kappa shape index (κ3) is 1.63. The summed E-state index contributed by atoms with van der Waals surface area (Å²) in [5.41, 5.74) is 7.10. The number of rotatable bonds is 1. The van der Waals surface area contributed by atoms with E-state index in [1.165, 1.54) is 12.1 Å². The fourth-order valence-corrected chi connectivity index (χ4v) is 1.77. The maximum absolute atomic E-state index is 13.0. The highest BCUT2D eigenvalue weighted by Gasteiger charge is 2.09. The molecule has 0 aliphatic rings. The minimum absolute atomic E-state index is 0.288. The number of nitrogens with zero attached hydrogens (tertiary/aromatic N) is 1. The first-order chi connectivity index (χ1) is 8.24. The molecule has 0 amide bonds. The van der Waals surface area contributed by atoms with Gasteiger partial charge in [0.15, 0.2) is 0 Å². The third-order valence-electron chi connectivity index (χ3n) is 2.58. The smallest absolute Gasteiger partial charge is 0.139 e. The zero-order valence-electron chi connectivity index (χ0n) is 8.85. The van der Waals surface area contributed by atoms with Gasteiger partial charge in [0.05, 0.1) is 5.56 Å². The highest BCUT2D eigenvalue weighted by atomic mass is 19.1. The first-order valence-corrected chi connectivity index (χ1v) is 5.14. The Kier molecular flexibility index (Phi) is 2.08. The average Bonchev–Trinajstić information content (AvgIpc) is 2.72. The lowest BCUT2D eigenvalue weighted by molar-refractivity contribution is 0.619. The van der Waals surface area contributed by atoms with E-state index in [-0.39, 0.29) is 5.82 Å². The molecule has 1 aromatic carbocycles. The van der Waals surface area contributed by atoms with Crippen molar-refractivity contribution in [2.24, 2.45) is 0 Å². The highest BCUT2D eigenvalue weighted by molar-refractivity contribution is 5.84. The van der Waals surface area contributed by atoms with Gasteiger partial charge in [-0.15, -0.1) is 0 Å². The molecule has 2 N–H and O–H groups in total. The molecule has 2 aromatic heterocycles. The van der Waals surface area contributed by atoms with Crippen molar-refractivity contribution in [3.8, 4) is 11.3 Å². The second-order valence-corrected chi connectivity index (χ2v) is 3.73. The van der Waals surface area contributed by atoms with Gasteiger partial charge in [-0.05, 0) is 36.4 Å². The van der Waals surface area contributed by atoms with Gasteiger partial charge in [0.1, 0.15) is 23.0 Å². The number of nitrogens with two attached hydrogens (primary N) is 1. The second-order valence-electron chi connectivity index (χ2n) is 3.73. The summed E-state index contributed by atoms with van der Waals surface area (Å²) in [6, 6.07) is 9.74. The highest BCUT2D eigenvalue weighted by Crippen LogP contribution is 2.30. The van der Waals surface area contributed by atoms with Crippen LogP contribution in [0.4, 0.5) is 10.2 Å². The molecule has 2 heterocycles. The van der Waals surface area contributed by atoms with Crippen LogP contribution in [0.25, 0.3) is 22.3 Å². The van der Waals surface area contributed by atoms with E-state index in [9.17, 15) is 4.39 Å². The van der Waals surface area contributed by atoms with Crippen LogP contribution in [0.5, 0.6) is 0 Å². The maximum Gasteiger partial charge on any atom is 0.139 e. The molecule has 0 radical (unpaired) electrons. The van der Waals surface area contributed by atoms with Crippen molar-refractivity contribution in [3.05, 3.63) is 48.4 Å². The summed E-state index contributed by atoms with van der Waals surface area (Å²) in [6.07, 6.45) is 1.61. The van der Waals surface area contributed by atoms with Crippen molar-refractivity contribution in [1.29, 1.82) is 0 Å². The SMILES string of the molecule is Nc1ncccc1-c1cc2cc(F)ccc2o1. The van der Waals surface area contributed by atoms with Crippen LogP contribution in [0.3, 0.4) is 0 Å². The number of fused-ring (bicyclic) bond motifs is 1. The molecular formula is C13H9FN2O. The number of anilines is 1. The zero-order valence-corrected chi connectivity index (χ0v) is 8.85. The first kappa shape index (κ1) is 9.84. The van der Waals surface area contributed by atoms with Crippen LogP contribution in [0.2, 0.25) is 0 Å². The molecule has 3 nitrogen and oxygen atoms in total. The maximum atomic E-state index is 13.0. The van der Waals surface area contributed by atoms with E-state index in [4.69, 9.17) is 10.2 Å². The molecule has 0 saturated carbocycles. The fraction of sp³-hybridized carbons (Fsp3) is 0. The molecule has 17 heavy (non-hydrogen) atoms. The first-order valence-electron chi connectivity index (χ1n) is 5.14. The summed E-state index contributed by atoms with van der Waals surface area (Å²) in [5, 5.41) is 0.711. The van der Waals surface area contributed by atoms with Gasteiger partial charge >= 0.3 is 0 Å².